The summed E-state index contributed by atoms with van der Waals surface area (Å²) in [5, 5.41) is 4.45. The van der Waals surface area contributed by atoms with Crippen LogP contribution >= 0.6 is 0 Å². The molecule has 8 heteroatoms. The van der Waals surface area contributed by atoms with E-state index in [2.05, 4.69) is 93.9 Å². The third kappa shape index (κ3) is 6.00. The minimum atomic E-state index is 0.573. The van der Waals surface area contributed by atoms with Crippen molar-refractivity contribution in [2.75, 3.05) is 58.8 Å². The number of hydrogen-bond donors (Lipinski definition) is 1. The predicted molar refractivity (Wildman–Crippen MR) is 177 cm³/mol. The van der Waals surface area contributed by atoms with E-state index in [1.54, 1.807) is 7.11 Å². The van der Waals surface area contributed by atoms with E-state index >= 15 is 0 Å². The second-order valence-corrected chi connectivity index (χ2v) is 11.4. The highest BCUT2D eigenvalue weighted by molar-refractivity contribution is 5.95. The number of aromatic nitrogens is 2. The van der Waals surface area contributed by atoms with E-state index in [9.17, 15) is 0 Å². The molecule has 8 nitrogen and oxygen atoms in total. The molecular formula is C36H36N6O2. The first kappa shape index (κ1) is 28.0. The van der Waals surface area contributed by atoms with Crippen LogP contribution in [0.25, 0.3) is 33.4 Å². The number of rotatable bonds is 9. The number of anilines is 2. The minimum absolute atomic E-state index is 0.573. The van der Waals surface area contributed by atoms with Crippen molar-refractivity contribution < 1.29 is 9.47 Å². The van der Waals surface area contributed by atoms with Gasteiger partial charge in [-0.2, -0.15) is 0 Å². The van der Waals surface area contributed by atoms with Crippen molar-refractivity contribution in [1.29, 1.82) is 0 Å². The zero-order valence-corrected chi connectivity index (χ0v) is 25.2. The summed E-state index contributed by atoms with van der Waals surface area (Å²) in [6.45, 7) is 6.43. The molecule has 0 amide bonds. The standard InChI is InChI=1S/C36H36N6O2/c1-41-13-15-42(16-14-41)17-18-44-34-21-31-32(22-33(34)43-2)39-35(27-10-6-9-26(19-27)25-7-4-3-5-8-25)40-36(31)38-30-12-11-28-23-37-24-29(28)20-30/h3-12,19-22,24H,13-18,23H2,1-2H3,(H,38,39,40). The number of aliphatic imine (C=N–C) groups is 1. The number of fused-ring (bicyclic) bond motifs is 2. The Morgan fingerprint density at radius 2 is 1.61 bits per heavy atom. The molecule has 1 saturated heterocycles. The zero-order chi connectivity index (χ0) is 29.9. The van der Waals surface area contributed by atoms with E-state index in [1.807, 2.05) is 24.4 Å². The van der Waals surface area contributed by atoms with Gasteiger partial charge >= 0.3 is 0 Å². The smallest absolute Gasteiger partial charge is 0.162 e. The number of methoxy groups -OCH3 is 1. The summed E-state index contributed by atoms with van der Waals surface area (Å²) in [7, 11) is 3.84. The van der Waals surface area contributed by atoms with Gasteiger partial charge in [-0.25, -0.2) is 9.97 Å². The first-order valence-corrected chi connectivity index (χ1v) is 15.1. The molecule has 2 aliphatic heterocycles. The number of likely N-dealkylation sites (N-methyl/N-ethyl adjacent to an activating group) is 1. The maximum absolute atomic E-state index is 6.33. The van der Waals surface area contributed by atoms with Crippen molar-refractivity contribution in [1.82, 2.24) is 19.8 Å². The van der Waals surface area contributed by atoms with E-state index in [0.717, 1.165) is 78.1 Å². The molecule has 1 N–H and O–H groups in total. The predicted octanol–water partition coefficient (Wildman–Crippen LogP) is 6.27. The molecule has 1 aromatic heterocycles. The van der Waals surface area contributed by atoms with Crippen molar-refractivity contribution in [2.24, 2.45) is 4.99 Å². The number of nitrogens with zero attached hydrogens (tertiary/aromatic N) is 5. The van der Waals surface area contributed by atoms with Gasteiger partial charge in [0.15, 0.2) is 17.3 Å². The average Bonchev–Trinajstić information content (AvgIpc) is 3.54. The van der Waals surface area contributed by atoms with E-state index in [-0.39, 0.29) is 0 Å². The topological polar surface area (TPSA) is 75.1 Å². The summed E-state index contributed by atoms with van der Waals surface area (Å²) in [4.78, 5) is 19.3. The fourth-order valence-corrected chi connectivity index (χ4v) is 5.77. The first-order valence-electron chi connectivity index (χ1n) is 15.1. The van der Waals surface area contributed by atoms with Crippen LogP contribution < -0.4 is 14.8 Å². The Morgan fingerprint density at radius 1 is 0.795 bits per heavy atom. The van der Waals surface area contributed by atoms with Crippen LogP contribution in [0.2, 0.25) is 0 Å². The Morgan fingerprint density at radius 3 is 2.45 bits per heavy atom. The summed E-state index contributed by atoms with van der Waals surface area (Å²) in [6, 6.07) is 29.0. The van der Waals surface area contributed by atoms with Crippen LogP contribution in [0, 0.1) is 0 Å². The lowest BCUT2D eigenvalue weighted by molar-refractivity contribution is 0.133. The maximum Gasteiger partial charge on any atom is 0.162 e. The van der Waals surface area contributed by atoms with E-state index < -0.39 is 0 Å². The van der Waals surface area contributed by atoms with Gasteiger partial charge in [-0.15, -0.1) is 0 Å². The van der Waals surface area contributed by atoms with Crippen LogP contribution in [-0.2, 0) is 6.54 Å². The van der Waals surface area contributed by atoms with Gasteiger partial charge in [0.25, 0.3) is 0 Å². The van der Waals surface area contributed by atoms with Crippen molar-refractivity contribution >= 4 is 28.6 Å². The fourth-order valence-electron chi connectivity index (χ4n) is 5.77. The molecule has 2 aliphatic rings. The molecular weight excluding hydrogens is 548 g/mol. The number of nitrogens with one attached hydrogen (secondary N) is 1. The largest absolute Gasteiger partial charge is 0.493 e. The molecule has 44 heavy (non-hydrogen) atoms. The Balaban J connectivity index is 1.26. The Hall–Kier alpha value is -4.79. The lowest BCUT2D eigenvalue weighted by Gasteiger charge is -2.32. The fraction of sp³-hybridized carbons (Fsp3) is 0.250. The third-order valence-electron chi connectivity index (χ3n) is 8.37. The quantitative estimate of drug-likeness (QED) is 0.219. The molecule has 7 rings (SSSR count). The molecule has 222 valence electrons. The first-order chi connectivity index (χ1) is 21.6. The van der Waals surface area contributed by atoms with Gasteiger partial charge < -0.3 is 19.7 Å². The molecule has 5 aromatic rings. The van der Waals surface area contributed by atoms with Gasteiger partial charge in [-0.1, -0.05) is 54.6 Å². The van der Waals surface area contributed by atoms with Crippen molar-refractivity contribution in [2.45, 2.75) is 6.54 Å². The van der Waals surface area contributed by atoms with E-state index in [0.29, 0.717) is 29.7 Å². The maximum atomic E-state index is 6.33. The lowest BCUT2D eigenvalue weighted by Crippen LogP contribution is -2.45. The number of ether oxygens (including phenoxy) is 2. The highest BCUT2D eigenvalue weighted by Gasteiger charge is 2.18. The molecule has 0 atom stereocenters. The molecule has 0 unspecified atom stereocenters. The number of hydrogen-bond acceptors (Lipinski definition) is 8. The Kier molecular flexibility index (Phi) is 7.92. The van der Waals surface area contributed by atoms with Gasteiger partial charge in [0.05, 0.1) is 19.2 Å². The van der Waals surface area contributed by atoms with Gasteiger partial charge in [-0.05, 0) is 53.6 Å². The van der Waals surface area contributed by atoms with Crippen LogP contribution in [0.3, 0.4) is 0 Å². The Labute approximate surface area is 258 Å². The van der Waals surface area contributed by atoms with Crippen LogP contribution in [0.4, 0.5) is 11.5 Å². The molecule has 0 saturated carbocycles. The molecule has 4 aromatic carbocycles. The summed E-state index contributed by atoms with van der Waals surface area (Å²) in [6.07, 6.45) is 1.93. The molecule has 1 fully saturated rings. The summed E-state index contributed by atoms with van der Waals surface area (Å²) >= 11 is 0. The molecule has 3 heterocycles. The second-order valence-electron chi connectivity index (χ2n) is 11.4. The van der Waals surface area contributed by atoms with Crippen molar-refractivity contribution in [3.05, 3.63) is 96.1 Å². The highest BCUT2D eigenvalue weighted by Crippen LogP contribution is 2.37. The summed E-state index contributed by atoms with van der Waals surface area (Å²) < 4.78 is 12.1. The van der Waals surface area contributed by atoms with Gasteiger partial charge in [-0.3, -0.25) is 9.89 Å². The second kappa shape index (κ2) is 12.4. The van der Waals surface area contributed by atoms with Crippen molar-refractivity contribution in [3.8, 4) is 34.0 Å². The highest BCUT2D eigenvalue weighted by atomic mass is 16.5. The zero-order valence-electron chi connectivity index (χ0n) is 25.2. The SMILES string of the molecule is COc1cc2nc(-c3cccc(-c4ccccc4)c3)nc(Nc3ccc4c(c3)C=NC4)c2cc1OCCN1CCN(C)CC1. The lowest BCUT2D eigenvalue weighted by atomic mass is 10.0. The molecule has 0 spiro atoms. The minimum Gasteiger partial charge on any atom is -0.493 e. The van der Waals surface area contributed by atoms with Crippen LogP contribution in [-0.4, -0.2) is 79.5 Å². The molecule has 0 radical (unpaired) electrons. The van der Waals surface area contributed by atoms with E-state index in [1.165, 1.54) is 5.56 Å². The number of benzene rings is 4. The summed E-state index contributed by atoms with van der Waals surface area (Å²) in [5.41, 5.74) is 7.25. The Bertz CT molecular complexity index is 1820. The third-order valence-corrected chi connectivity index (χ3v) is 8.37. The normalized spacial score (nSPS) is 15.0. The summed E-state index contributed by atoms with van der Waals surface area (Å²) in [5.74, 6) is 2.67. The van der Waals surface area contributed by atoms with Crippen molar-refractivity contribution in [3.63, 3.8) is 0 Å². The van der Waals surface area contributed by atoms with Gasteiger partial charge in [0, 0.05) is 61.6 Å². The van der Waals surface area contributed by atoms with Crippen LogP contribution in [0.1, 0.15) is 11.1 Å². The van der Waals surface area contributed by atoms with E-state index in [4.69, 9.17) is 19.4 Å². The van der Waals surface area contributed by atoms with Crippen LogP contribution in [0.5, 0.6) is 11.5 Å². The van der Waals surface area contributed by atoms with Gasteiger partial charge in [0.2, 0.25) is 0 Å². The van der Waals surface area contributed by atoms with Crippen LogP contribution in [0.15, 0.2) is 89.9 Å². The monoisotopic (exact) mass is 584 g/mol. The molecule has 0 aliphatic carbocycles. The average molecular weight is 585 g/mol. The molecule has 0 bridgehead atoms. The number of piperazine rings is 1. The van der Waals surface area contributed by atoms with Gasteiger partial charge in [0.1, 0.15) is 12.4 Å².